The van der Waals surface area contributed by atoms with Crippen LogP contribution in [0.1, 0.15) is 18.4 Å². The van der Waals surface area contributed by atoms with Gasteiger partial charge in [0, 0.05) is 9.45 Å². The number of alkyl halides is 1. The molecule has 0 unspecified atom stereocenters. The molecule has 1 saturated carbocycles. The fourth-order valence-electron chi connectivity index (χ4n) is 1.57. The summed E-state index contributed by atoms with van der Waals surface area (Å²) in [4.78, 5) is 0. The van der Waals surface area contributed by atoms with Crippen LogP contribution >= 0.6 is 34.2 Å². The van der Waals surface area contributed by atoms with Gasteiger partial charge >= 0.3 is 0 Å². The van der Waals surface area contributed by atoms with E-state index in [1.807, 2.05) is 0 Å². The summed E-state index contributed by atoms with van der Waals surface area (Å²) in [5.41, 5.74) is 1.88. The summed E-state index contributed by atoms with van der Waals surface area (Å²) in [5.74, 6) is 0.818. The summed E-state index contributed by atoms with van der Waals surface area (Å²) in [6, 6.07) is 8.77. The van der Waals surface area contributed by atoms with E-state index in [2.05, 4.69) is 46.9 Å². The monoisotopic (exact) mass is 306 g/mol. The van der Waals surface area contributed by atoms with Gasteiger partial charge in [-0.2, -0.15) is 0 Å². The second-order valence-electron chi connectivity index (χ2n) is 3.94. The molecule has 0 nitrogen and oxygen atoms in total. The predicted octanol–water partition coefficient (Wildman–Crippen LogP) is 3.85. The van der Waals surface area contributed by atoms with Crippen molar-refractivity contribution >= 4 is 34.2 Å². The molecule has 1 aromatic carbocycles. The van der Waals surface area contributed by atoms with Crippen LogP contribution in [-0.4, -0.2) is 5.88 Å². The lowest BCUT2D eigenvalue weighted by Gasteiger charge is -2.10. The molecule has 2 rings (SSSR count). The smallest absolute Gasteiger partial charge is 0.0283 e. The van der Waals surface area contributed by atoms with E-state index >= 15 is 0 Å². The van der Waals surface area contributed by atoms with Crippen molar-refractivity contribution in [1.82, 2.24) is 0 Å². The largest absolute Gasteiger partial charge is 0.126 e. The number of rotatable bonds is 3. The zero-order valence-corrected chi connectivity index (χ0v) is 10.3. The number of hydrogen-bond acceptors (Lipinski definition) is 0. The van der Waals surface area contributed by atoms with Crippen molar-refractivity contribution in [3.8, 4) is 0 Å². The lowest BCUT2D eigenvalue weighted by molar-refractivity contribution is 0.578. The van der Waals surface area contributed by atoms with E-state index in [9.17, 15) is 0 Å². The van der Waals surface area contributed by atoms with Crippen LogP contribution in [0.15, 0.2) is 24.3 Å². The van der Waals surface area contributed by atoms with E-state index in [0.717, 1.165) is 12.3 Å². The lowest BCUT2D eigenvalue weighted by atomic mass is 9.99. The van der Waals surface area contributed by atoms with Crippen molar-refractivity contribution in [2.24, 2.45) is 5.41 Å². The molecule has 0 atom stereocenters. The van der Waals surface area contributed by atoms with Gasteiger partial charge in [-0.15, -0.1) is 11.6 Å². The molecule has 0 aromatic heterocycles. The van der Waals surface area contributed by atoms with E-state index < -0.39 is 0 Å². The maximum Gasteiger partial charge on any atom is 0.0283 e. The van der Waals surface area contributed by atoms with Gasteiger partial charge in [-0.1, -0.05) is 12.1 Å². The highest BCUT2D eigenvalue weighted by Crippen LogP contribution is 2.49. The molecule has 1 fully saturated rings. The summed E-state index contributed by atoms with van der Waals surface area (Å²) >= 11 is 8.27. The third-order valence-corrected chi connectivity index (χ3v) is 4.02. The molecule has 0 amide bonds. The van der Waals surface area contributed by atoms with Gasteiger partial charge in [0.25, 0.3) is 0 Å². The van der Waals surface area contributed by atoms with Crippen LogP contribution in [-0.2, 0) is 6.42 Å². The van der Waals surface area contributed by atoms with E-state index in [1.165, 1.54) is 22.0 Å². The zero-order chi connectivity index (χ0) is 9.31. The van der Waals surface area contributed by atoms with Crippen LogP contribution in [0.25, 0.3) is 0 Å². The Labute approximate surface area is 97.8 Å². The van der Waals surface area contributed by atoms with Crippen LogP contribution < -0.4 is 0 Å². The zero-order valence-electron chi connectivity index (χ0n) is 7.39. The molecule has 0 heterocycles. The van der Waals surface area contributed by atoms with Gasteiger partial charge in [-0.05, 0) is 65.0 Å². The minimum absolute atomic E-state index is 0.453. The van der Waals surface area contributed by atoms with Gasteiger partial charge in [0.15, 0.2) is 0 Å². The summed E-state index contributed by atoms with van der Waals surface area (Å²) in [6.45, 7) is 0. The molecule has 1 aliphatic carbocycles. The highest BCUT2D eigenvalue weighted by Gasteiger charge is 2.41. The van der Waals surface area contributed by atoms with Crippen LogP contribution in [0.3, 0.4) is 0 Å². The van der Waals surface area contributed by atoms with E-state index in [1.54, 1.807) is 0 Å². The Balaban J connectivity index is 2.06. The van der Waals surface area contributed by atoms with Gasteiger partial charge in [0.05, 0.1) is 0 Å². The van der Waals surface area contributed by atoms with Crippen molar-refractivity contribution < 1.29 is 0 Å². The Bertz CT molecular complexity index is 287. The lowest BCUT2D eigenvalue weighted by Crippen LogP contribution is -2.06. The Morgan fingerprint density at radius 2 is 1.85 bits per heavy atom. The van der Waals surface area contributed by atoms with Gasteiger partial charge < -0.3 is 0 Å². The molecule has 2 heteroatoms. The first-order valence-electron chi connectivity index (χ1n) is 4.55. The molecule has 0 radical (unpaired) electrons. The topological polar surface area (TPSA) is 0 Å². The molecule has 1 aromatic rings. The molecule has 0 spiro atoms. The number of benzene rings is 1. The maximum atomic E-state index is 5.94. The summed E-state index contributed by atoms with van der Waals surface area (Å²) in [7, 11) is 0. The van der Waals surface area contributed by atoms with Crippen molar-refractivity contribution in [2.45, 2.75) is 19.3 Å². The van der Waals surface area contributed by atoms with Gasteiger partial charge in [0.2, 0.25) is 0 Å². The summed E-state index contributed by atoms with van der Waals surface area (Å²) < 4.78 is 1.30. The first-order chi connectivity index (χ1) is 6.24. The van der Waals surface area contributed by atoms with Crippen LogP contribution in [0.4, 0.5) is 0 Å². The Morgan fingerprint density at radius 3 is 2.31 bits per heavy atom. The van der Waals surface area contributed by atoms with Crippen molar-refractivity contribution in [2.75, 3.05) is 5.88 Å². The fraction of sp³-hybridized carbons (Fsp3) is 0.455. The van der Waals surface area contributed by atoms with E-state index in [-0.39, 0.29) is 0 Å². The molecular weight excluding hydrogens is 294 g/mol. The molecule has 0 aliphatic heterocycles. The quantitative estimate of drug-likeness (QED) is 0.588. The highest BCUT2D eigenvalue weighted by molar-refractivity contribution is 14.1. The van der Waals surface area contributed by atoms with E-state index in [4.69, 9.17) is 11.6 Å². The fourth-order valence-corrected chi connectivity index (χ4v) is 2.29. The number of hydrogen-bond donors (Lipinski definition) is 0. The van der Waals surface area contributed by atoms with Gasteiger partial charge in [-0.3, -0.25) is 0 Å². The predicted molar refractivity (Wildman–Crippen MR) is 65.3 cm³/mol. The Morgan fingerprint density at radius 1 is 1.23 bits per heavy atom. The average Bonchev–Trinajstić information content (AvgIpc) is 2.90. The second-order valence-corrected chi connectivity index (χ2v) is 5.45. The normalized spacial score (nSPS) is 18.6. The highest BCUT2D eigenvalue weighted by atomic mass is 127. The maximum absolute atomic E-state index is 5.94. The SMILES string of the molecule is ClCC1(Cc2ccc(I)cc2)CC1. The molecule has 70 valence electrons. The number of halogens is 2. The Kier molecular flexibility index (Phi) is 2.84. The first-order valence-corrected chi connectivity index (χ1v) is 6.16. The van der Waals surface area contributed by atoms with Gasteiger partial charge in [0.1, 0.15) is 0 Å². The minimum atomic E-state index is 0.453. The molecule has 13 heavy (non-hydrogen) atoms. The van der Waals surface area contributed by atoms with Gasteiger partial charge in [-0.25, -0.2) is 0 Å². The van der Waals surface area contributed by atoms with Crippen molar-refractivity contribution in [3.63, 3.8) is 0 Å². The van der Waals surface area contributed by atoms with E-state index in [0.29, 0.717) is 5.41 Å². The van der Waals surface area contributed by atoms with Crippen molar-refractivity contribution in [3.05, 3.63) is 33.4 Å². The molecule has 1 aliphatic rings. The molecular formula is C11H12ClI. The van der Waals surface area contributed by atoms with Crippen LogP contribution in [0.2, 0.25) is 0 Å². The third kappa shape index (κ3) is 2.38. The molecule has 0 bridgehead atoms. The third-order valence-electron chi connectivity index (χ3n) is 2.73. The minimum Gasteiger partial charge on any atom is -0.126 e. The second kappa shape index (κ2) is 3.77. The molecule has 0 N–H and O–H groups in total. The van der Waals surface area contributed by atoms with Crippen molar-refractivity contribution in [1.29, 1.82) is 0 Å². The first kappa shape index (κ1) is 9.78. The molecule has 0 saturated heterocycles. The summed E-state index contributed by atoms with van der Waals surface area (Å²) in [5, 5.41) is 0. The van der Waals surface area contributed by atoms with Crippen LogP contribution in [0.5, 0.6) is 0 Å². The van der Waals surface area contributed by atoms with Crippen LogP contribution in [0, 0.1) is 8.99 Å². The average molecular weight is 307 g/mol. The Hall–Kier alpha value is 0.240. The summed E-state index contributed by atoms with van der Waals surface area (Å²) in [6.07, 6.45) is 3.78. The standard InChI is InChI=1S/C11H12ClI/c12-8-11(5-6-11)7-9-1-3-10(13)4-2-9/h1-4H,5-8H2.